The first-order valence-corrected chi connectivity index (χ1v) is 7.79. The lowest BCUT2D eigenvalue weighted by Gasteiger charge is -2.31. The van der Waals surface area contributed by atoms with Gasteiger partial charge in [0, 0.05) is 49.6 Å². The molecule has 0 aliphatic carbocycles. The van der Waals surface area contributed by atoms with Crippen LogP contribution < -0.4 is 5.32 Å². The molecule has 2 aromatic rings. The van der Waals surface area contributed by atoms with Crippen LogP contribution in [0.3, 0.4) is 0 Å². The Labute approximate surface area is 134 Å². The first kappa shape index (κ1) is 15.3. The first-order valence-electron chi connectivity index (χ1n) is 7.79. The number of anilines is 1. The molecule has 1 aliphatic rings. The van der Waals surface area contributed by atoms with Crippen LogP contribution in [0.5, 0.6) is 0 Å². The molecular formula is C17H20N4O2. The summed E-state index contributed by atoms with van der Waals surface area (Å²) in [7, 11) is 0. The number of aromatic amines is 1. The Hall–Kier alpha value is -2.63. The van der Waals surface area contributed by atoms with Crippen LogP contribution in [0.15, 0.2) is 36.7 Å². The number of hydrogen-bond donors (Lipinski definition) is 2. The van der Waals surface area contributed by atoms with Gasteiger partial charge in [0.1, 0.15) is 5.82 Å². The minimum absolute atomic E-state index is 0.0391. The molecule has 1 aromatic heterocycles. The fourth-order valence-electron chi connectivity index (χ4n) is 2.94. The summed E-state index contributed by atoms with van der Waals surface area (Å²) < 4.78 is 0. The summed E-state index contributed by atoms with van der Waals surface area (Å²) in [5.41, 5.74) is 1.35. The van der Waals surface area contributed by atoms with Crippen molar-refractivity contribution in [3.63, 3.8) is 0 Å². The van der Waals surface area contributed by atoms with E-state index < -0.39 is 0 Å². The highest BCUT2D eigenvalue weighted by molar-refractivity contribution is 5.95. The molecule has 1 aliphatic heterocycles. The zero-order valence-corrected chi connectivity index (χ0v) is 13.1. The van der Waals surface area contributed by atoms with Crippen LogP contribution in [0.1, 0.15) is 41.9 Å². The maximum atomic E-state index is 12.5. The summed E-state index contributed by atoms with van der Waals surface area (Å²) in [5, 5.41) is 2.70. The number of nitrogens with one attached hydrogen (secondary N) is 2. The van der Waals surface area contributed by atoms with Crippen molar-refractivity contribution in [2.75, 3.05) is 18.4 Å². The number of hydrogen-bond acceptors (Lipinski definition) is 3. The molecule has 2 amide bonds. The lowest BCUT2D eigenvalue weighted by molar-refractivity contribution is -0.114. The number of carbonyl (C=O) groups is 2. The van der Waals surface area contributed by atoms with E-state index in [0.29, 0.717) is 17.2 Å². The Morgan fingerprint density at radius 2 is 1.91 bits per heavy atom. The monoisotopic (exact) mass is 312 g/mol. The summed E-state index contributed by atoms with van der Waals surface area (Å²) in [5.74, 6) is 1.33. The molecule has 6 nitrogen and oxygen atoms in total. The molecule has 0 saturated carbocycles. The number of likely N-dealkylation sites (tertiary alicyclic amines) is 1. The summed E-state index contributed by atoms with van der Waals surface area (Å²) >= 11 is 0. The minimum Gasteiger partial charge on any atom is -0.348 e. The predicted molar refractivity (Wildman–Crippen MR) is 87.2 cm³/mol. The highest BCUT2D eigenvalue weighted by Crippen LogP contribution is 2.26. The van der Waals surface area contributed by atoms with Crippen LogP contribution in [-0.2, 0) is 4.79 Å². The van der Waals surface area contributed by atoms with Crippen molar-refractivity contribution in [3.8, 4) is 0 Å². The second-order valence-electron chi connectivity index (χ2n) is 5.80. The van der Waals surface area contributed by atoms with E-state index in [1.54, 1.807) is 30.5 Å². The largest absolute Gasteiger partial charge is 0.348 e. The quantitative estimate of drug-likeness (QED) is 0.913. The molecule has 0 atom stereocenters. The van der Waals surface area contributed by atoms with Crippen LogP contribution in [0.4, 0.5) is 5.69 Å². The lowest BCUT2D eigenvalue weighted by Crippen LogP contribution is -2.38. The van der Waals surface area contributed by atoms with E-state index >= 15 is 0 Å². The van der Waals surface area contributed by atoms with Crippen LogP contribution in [0.25, 0.3) is 0 Å². The Morgan fingerprint density at radius 1 is 1.22 bits per heavy atom. The molecule has 23 heavy (non-hydrogen) atoms. The van der Waals surface area contributed by atoms with E-state index in [1.165, 1.54) is 6.92 Å². The van der Waals surface area contributed by atoms with Crippen molar-refractivity contribution in [2.45, 2.75) is 25.7 Å². The maximum Gasteiger partial charge on any atom is 0.253 e. The topological polar surface area (TPSA) is 78.1 Å². The van der Waals surface area contributed by atoms with E-state index in [1.807, 2.05) is 11.1 Å². The molecule has 1 fully saturated rings. The molecule has 1 aromatic carbocycles. The summed E-state index contributed by atoms with van der Waals surface area (Å²) in [6, 6.07) is 7.02. The normalized spacial score (nSPS) is 15.4. The molecule has 2 N–H and O–H groups in total. The van der Waals surface area contributed by atoms with Crippen molar-refractivity contribution in [2.24, 2.45) is 0 Å². The Balaban J connectivity index is 1.59. The number of rotatable bonds is 3. The highest BCUT2D eigenvalue weighted by atomic mass is 16.2. The SMILES string of the molecule is CC(=O)Nc1ccc(C(=O)N2CCC(c3ncc[nH]3)CC2)cc1. The standard InChI is InChI=1S/C17H20N4O2/c1-12(22)20-15-4-2-14(3-5-15)17(23)21-10-6-13(7-11-21)16-18-8-9-19-16/h2-5,8-9,13H,6-7,10-11H2,1H3,(H,18,19)(H,20,22). The fraction of sp³-hybridized carbons (Fsp3) is 0.353. The lowest BCUT2D eigenvalue weighted by atomic mass is 9.95. The van der Waals surface area contributed by atoms with Gasteiger partial charge in [-0.05, 0) is 37.1 Å². The molecule has 0 bridgehead atoms. The number of H-pyrrole nitrogens is 1. The molecule has 6 heteroatoms. The Kier molecular flexibility index (Phi) is 4.41. The van der Waals surface area contributed by atoms with E-state index in [4.69, 9.17) is 0 Å². The van der Waals surface area contributed by atoms with Crippen LogP contribution >= 0.6 is 0 Å². The molecule has 120 valence electrons. The van der Waals surface area contributed by atoms with Gasteiger partial charge in [-0.3, -0.25) is 9.59 Å². The molecule has 2 heterocycles. The number of aromatic nitrogens is 2. The number of amides is 2. The van der Waals surface area contributed by atoms with Crippen molar-refractivity contribution in [3.05, 3.63) is 48.0 Å². The van der Waals surface area contributed by atoms with Crippen LogP contribution in [0.2, 0.25) is 0 Å². The van der Waals surface area contributed by atoms with Crippen molar-refractivity contribution < 1.29 is 9.59 Å². The van der Waals surface area contributed by atoms with Crippen LogP contribution in [-0.4, -0.2) is 39.8 Å². The van der Waals surface area contributed by atoms with Gasteiger partial charge in [-0.1, -0.05) is 0 Å². The fourth-order valence-corrected chi connectivity index (χ4v) is 2.94. The second kappa shape index (κ2) is 6.64. The zero-order chi connectivity index (χ0) is 16.2. The molecule has 0 unspecified atom stereocenters. The van der Waals surface area contributed by atoms with Gasteiger partial charge >= 0.3 is 0 Å². The molecule has 0 spiro atoms. The van der Waals surface area contributed by atoms with Gasteiger partial charge in [0.2, 0.25) is 5.91 Å². The van der Waals surface area contributed by atoms with Crippen molar-refractivity contribution in [1.29, 1.82) is 0 Å². The number of benzene rings is 1. The minimum atomic E-state index is -0.121. The Morgan fingerprint density at radius 3 is 2.48 bits per heavy atom. The van der Waals surface area contributed by atoms with E-state index in [0.717, 1.165) is 31.8 Å². The predicted octanol–water partition coefficient (Wildman–Crippen LogP) is 2.39. The molecule has 1 saturated heterocycles. The van der Waals surface area contributed by atoms with Gasteiger partial charge in [0.25, 0.3) is 5.91 Å². The smallest absolute Gasteiger partial charge is 0.253 e. The number of nitrogens with zero attached hydrogens (tertiary/aromatic N) is 2. The van der Waals surface area contributed by atoms with Gasteiger partial charge in [0.15, 0.2) is 0 Å². The summed E-state index contributed by atoms with van der Waals surface area (Å²) in [6.07, 6.45) is 5.44. The van der Waals surface area contributed by atoms with E-state index in [-0.39, 0.29) is 11.8 Å². The molecular weight excluding hydrogens is 292 g/mol. The molecule has 0 radical (unpaired) electrons. The third kappa shape index (κ3) is 3.59. The Bertz CT molecular complexity index is 671. The van der Waals surface area contributed by atoms with Gasteiger partial charge in [0.05, 0.1) is 0 Å². The van der Waals surface area contributed by atoms with E-state index in [2.05, 4.69) is 15.3 Å². The van der Waals surface area contributed by atoms with Gasteiger partial charge < -0.3 is 15.2 Å². The number of piperidine rings is 1. The third-order valence-corrected chi connectivity index (χ3v) is 4.14. The maximum absolute atomic E-state index is 12.5. The average Bonchev–Trinajstić information content (AvgIpc) is 3.09. The molecule has 3 rings (SSSR count). The van der Waals surface area contributed by atoms with Gasteiger partial charge in [-0.2, -0.15) is 0 Å². The summed E-state index contributed by atoms with van der Waals surface area (Å²) in [6.45, 7) is 2.93. The second-order valence-corrected chi connectivity index (χ2v) is 5.80. The average molecular weight is 312 g/mol. The third-order valence-electron chi connectivity index (χ3n) is 4.14. The zero-order valence-electron chi connectivity index (χ0n) is 13.1. The van der Waals surface area contributed by atoms with Crippen molar-refractivity contribution >= 4 is 17.5 Å². The van der Waals surface area contributed by atoms with Crippen molar-refractivity contribution in [1.82, 2.24) is 14.9 Å². The van der Waals surface area contributed by atoms with Gasteiger partial charge in [-0.25, -0.2) is 4.98 Å². The van der Waals surface area contributed by atoms with E-state index in [9.17, 15) is 9.59 Å². The van der Waals surface area contributed by atoms with Gasteiger partial charge in [-0.15, -0.1) is 0 Å². The first-order chi connectivity index (χ1) is 11.1. The number of imidazole rings is 1. The number of carbonyl (C=O) groups excluding carboxylic acids is 2. The summed E-state index contributed by atoms with van der Waals surface area (Å²) in [4.78, 5) is 32.9. The highest BCUT2D eigenvalue weighted by Gasteiger charge is 2.25. The van der Waals surface area contributed by atoms with Crippen LogP contribution in [0, 0.1) is 0 Å².